The summed E-state index contributed by atoms with van der Waals surface area (Å²) in [5.74, 6) is 1.19. The molecule has 2 saturated heterocycles. The third-order valence-corrected chi connectivity index (χ3v) is 6.63. The number of halogens is 4. The van der Waals surface area contributed by atoms with Gasteiger partial charge >= 0.3 is 6.18 Å². The molecule has 0 spiro atoms. The summed E-state index contributed by atoms with van der Waals surface area (Å²) >= 11 is 0. The number of ether oxygens (including phenoxy) is 3. The maximum atomic E-state index is 13.3. The number of alkyl halides is 3. The first-order valence-electron chi connectivity index (χ1n) is 12.0. The molecule has 5 rings (SSSR count). The van der Waals surface area contributed by atoms with Gasteiger partial charge in [0, 0.05) is 45.8 Å². The van der Waals surface area contributed by atoms with Crippen molar-refractivity contribution in [2.75, 3.05) is 76.0 Å². The van der Waals surface area contributed by atoms with E-state index in [1.54, 1.807) is 0 Å². The Labute approximate surface area is 219 Å². The third-order valence-electron chi connectivity index (χ3n) is 6.63. The topological polar surface area (TPSA) is 66.5 Å². The van der Waals surface area contributed by atoms with Crippen LogP contribution in [0, 0.1) is 0 Å². The molecular weight excluding hydrogens is 513 g/mol. The van der Waals surface area contributed by atoms with E-state index in [4.69, 9.17) is 14.2 Å². The van der Waals surface area contributed by atoms with E-state index in [2.05, 4.69) is 10.2 Å². The molecule has 0 saturated carbocycles. The molecule has 0 unspecified atom stereocenters. The van der Waals surface area contributed by atoms with Gasteiger partial charge in [0.25, 0.3) is 0 Å². The van der Waals surface area contributed by atoms with Crippen molar-refractivity contribution in [1.29, 1.82) is 0 Å². The van der Waals surface area contributed by atoms with Gasteiger partial charge in [0.1, 0.15) is 0 Å². The fourth-order valence-electron chi connectivity index (χ4n) is 4.69. The zero-order chi connectivity index (χ0) is 25.1. The van der Waals surface area contributed by atoms with Crippen LogP contribution in [0.4, 0.5) is 24.5 Å². The number of rotatable bonds is 6. The van der Waals surface area contributed by atoms with E-state index in [0.717, 1.165) is 48.8 Å². The van der Waals surface area contributed by atoms with E-state index in [9.17, 15) is 18.0 Å². The van der Waals surface area contributed by atoms with Gasteiger partial charge in [-0.25, -0.2) is 0 Å². The van der Waals surface area contributed by atoms with Crippen molar-refractivity contribution >= 4 is 29.7 Å². The van der Waals surface area contributed by atoms with Crippen LogP contribution in [-0.4, -0.2) is 81.5 Å². The highest BCUT2D eigenvalue weighted by Crippen LogP contribution is 2.36. The van der Waals surface area contributed by atoms with Crippen LogP contribution in [0.3, 0.4) is 0 Å². The minimum atomic E-state index is -4.49. The quantitative estimate of drug-likeness (QED) is 0.600. The first-order chi connectivity index (χ1) is 17.3. The second-order valence-corrected chi connectivity index (χ2v) is 9.12. The molecule has 37 heavy (non-hydrogen) atoms. The average Bonchev–Trinajstić information content (AvgIpc) is 3.33. The monoisotopic (exact) mass is 542 g/mol. The predicted octanol–water partition coefficient (Wildman–Crippen LogP) is 3.45. The van der Waals surface area contributed by atoms with Crippen molar-refractivity contribution in [3.63, 3.8) is 0 Å². The van der Waals surface area contributed by atoms with Crippen LogP contribution in [0.2, 0.25) is 0 Å². The van der Waals surface area contributed by atoms with Crippen LogP contribution in [0.1, 0.15) is 11.1 Å². The Kier molecular flexibility index (Phi) is 8.68. The standard InChI is InChI=1S/C25H29F3N4O4.ClH/c26-25(27,28)19-2-3-21(32-9-11-34-12-10-32)20(14-19)29-24(33)16-31-7-5-30(6-8-31)15-18-1-4-22-23(13-18)36-17-35-22;/h1-4,13-14H,5-12,15-17H2,(H,29,33);1H. The molecule has 3 aliphatic heterocycles. The van der Waals surface area contributed by atoms with Crippen LogP contribution < -0.4 is 19.7 Å². The van der Waals surface area contributed by atoms with E-state index < -0.39 is 11.7 Å². The first kappa shape index (κ1) is 27.3. The maximum Gasteiger partial charge on any atom is 0.416 e. The molecule has 12 heteroatoms. The zero-order valence-corrected chi connectivity index (χ0v) is 21.1. The van der Waals surface area contributed by atoms with E-state index in [1.165, 1.54) is 6.07 Å². The second-order valence-electron chi connectivity index (χ2n) is 9.12. The van der Waals surface area contributed by atoms with Crippen molar-refractivity contribution in [3.8, 4) is 11.5 Å². The number of carbonyl (C=O) groups is 1. The number of amides is 1. The van der Waals surface area contributed by atoms with Crippen molar-refractivity contribution in [2.45, 2.75) is 12.7 Å². The fourth-order valence-corrected chi connectivity index (χ4v) is 4.69. The summed E-state index contributed by atoms with van der Waals surface area (Å²) < 4.78 is 56.2. The van der Waals surface area contributed by atoms with E-state index in [1.807, 2.05) is 28.0 Å². The molecule has 2 aromatic rings. The predicted molar refractivity (Wildman–Crippen MR) is 135 cm³/mol. The maximum absolute atomic E-state index is 13.3. The molecule has 0 bridgehead atoms. The molecular formula is C25H30ClF3N4O4. The first-order valence-corrected chi connectivity index (χ1v) is 12.0. The molecule has 8 nitrogen and oxygen atoms in total. The smallest absolute Gasteiger partial charge is 0.416 e. The molecule has 0 atom stereocenters. The van der Waals surface area contributed by atoms with E-state index in [-0.39, 0.29) is 37.3 Å². The number of benzene rings is 2. The molecule has 2 aromatic carbocycles. The van der Waals surface area contributed by atoms with Gasteiger partial charge in [-0.05, 0) is 35.9 Å². The molecule has 0 aromatic heterocycles. The van der Waals surface area contributed by atoms with Gasteiger partial charge in [-0.2, -0.15) is 13.2 Å². The molecule has 202 valence electrons. The molecule has 2 fully saturated rings. The second kappa shape index (κ2) is 11.8. The van der Waals surface area contributed by atoms with Gasteiger partial charge in [0.2, 0.25) is 12.7 Å². The lowest BCUT2D eigenvalue weighted by Gasteiger charge is -2.34. The van der Waals surface area contributed by atoms with Gasteiger partial charge in [-0.3, -0.25) is 14.6 Å². The normalized spacial score (nSPS) is 18.4. The van der Waals surface area contributed by atoms with Crippen LogP contribution in [0.5, 0.6) is 11.5 Å². The van der Waals surface area contributed by atoms with E-state index in [0.29, 0.717) is 45.1 Å². The van der Waals surface area contributed by atoms with Gasteiger partial charge in [0.15, 0.2) is 11.5 Å². The minimum Gasteiger partial charge on any atom is -0.454 e. The van der Waals surface area contributed by atoms with E-state index >= 15 is 0 Å². The fraction of sp³-hybridized carbons (Fsp3) is 0.480. The Morgan fingerprint density at radius 2 is 1.59 bits per heavy atom. The number of anilines is 2. The SMILES string of the molecule is Cl.O=C(CN1CCN(Cc2ccc3c(c2)OCO3)CC1)Nc1cc(C(F)(F)F)ccc1N1CCOCC1. The molecule has 0 radical (unpaired) electrons. The summed E-state index contributed by atoms with van der Waals surface area (Å²) in [6, 6.07) is 9.43. The summed E-state index contributed by atoms with van der Waals surface area (Å²) in [4.78, 5) is 19.1. The van der Waals surface area contributed by atoms with Gasteiger partial charge in [-0.1, -0.05) is 6.07 Å². The summed E-state index contributed by atoms with van der Waals surface area (Å²) in [7, 11) is 0. The van der Waals surface area contributed by atoms with Crippen molar-refractivity contribution in [1.82, 2.24) is 9.80 Å². The molecule has 1 N–H and O–H groups in total. The summed E-state index contributed by atoms with van der Waals surface area (Å²) in [5.41, 5.74) is 1.10. The van der Waals surface area contributed by atoms with Gasteiger partial charge < -0.3 is 24.4 Å². The molecule has 3 heterocycles. The number of piperazine rings is 1. The zero-order valence-electron chi connectivity index (χ0n) is 20.3. The highest BCUT2D eigenvalue weighted by atomic mass is 35.5. The number of fused-ring (bicyclic) bond motifs is 1. The molecule has 3 aliphatic rings. The van der Waals surface area contributed by atoms with Crippen LogP contribution in [0.25, 0.3) is 0 Å². The van der Waals surface area contributed by atoms with Crippen LogP contribution >= 0.6 is 12.4 Å². The largest absolute Gasteiger partial charge is 0.454 e. The summed E-state index contributed by atoms with van der Waals surface area (Å²) in [6.07, 6.45) is -4.49. The molecule has 1 amide bonds. The van der Waals surface area contributed by atoms with Crippen LogP contribution in [0.15, 0.2) is 36.4 Å². The van der Waals surface area contributed by atoms with Crippen molar-refractivity contribution in [3.05, 3.63) is 47.5 Å². The number of hydrogen-bond donors (Lipinski definition) is 1. The Morgan fingerprint density at radius 3 is 2.32 bits per heavy atom. The summed E-state index contributed by atoms with van der Waals surface area (Å²) in [5, 5.41) is 2.74. The lowest BCUT2D eigenvalue weighted by molar-refractivity contribution is -0.137. The minimum absolute atomic E-state index is 0. The number of nitrogens with zero attached hydrogens (tertiary/aromatic N) is 3. The number of nitrogens with one attached hydrogen (secondary N) is 1. The Morgan fingerprint density at radius 1 is 0.892 bits per heavy atom. The Balaban J connectivity index is 0.00000320. The van der Waals surface area contributed by atoms with Gasteiger partial charge in [-0.15, -0.1) is 12.4 Å². The van der Waals surface area contributed by atoms with Crippen LogP contribution in [-0.2, 0) is 22.3 Å². The third kappa shape index (κ3) is 6.78. The number of morpholine rings is 1. The highest BCUT2D eigenvalue weighted by Gasteiger charge is 2.32. The lowest BCUT2D eigenvalue weighted by Crippen LogP contribution is -2.48. The lowest BCUT2D eigenvalue weighted by atomic mass is 10.1. The molecule has 0 aliphatic carbocycles. The number of hydrogen-bond acceptors (Lipinski definition) is 7. The van der Waals surface area contributed by atoms with Crippen molar-refractivity contribution < 1.29 is 32.2 Å². The number of carbonyl (C=O) groups excluding carboxylic acids is 1. The highest BCUT2D eigenvalue weighted by molar-refractivity contribution is 5.95. The van der Waals surface area contributed by atoms with Gasteiger partial charge in [0.05, 0.1) is 36.7 Å². The van der Waals surface area contributed by atoms with Crippen molar-refractivity contribution in [2.24, 2.45) is 0 Å². The average molecular weight is 543 g/mol. The summed E-state index contributed by atoms with van der Waals surface area (Å²) in [6.45, 7) is 6.17. The Bertz CT molecular complexity index is 1090. The Hall–Kier alpha value is -2.73.